The first-order chi connectivity index (χ1) is 12.5. The zero-order chi connectivity index (χ0) is 18.6. The SMILES string of the molecule is Cc1cccc(CNC(=O)C2CCCN(S(=O)(=O)N3CCCCC3)C2)c1. The van der Waals surface area contributed by atoms with E-state index in [4.69, 9.17) is 0 Å². The highest BCUT2D eigenvalue weighted by molar-refractivity contribution is 7.86. The summed E-state index contributed by atoms with van der Waals surface area (Å²) in [6.07, 6.45) is 4.41. The van der Waals surface area contributed by atoms with E-state index in [0.717, 1.165) is 43.2 Å². The Labute approximate surface area is 156 Å². The topological polar surface area (TPSA) is 69.7 Å². The second kappa shape index (κ2) is 8.50. The first kappa shape index (κ1) is 19.3. The number of hydrogen-bond donors (Lipinski definition) is 1. The van der Waals surface area contributed by atoms with E-state index in [1.165, 1.54) is 4.31 Å². The molecule has 1 atom stereocenters. The third-order valence-corrected chi connectivity index (χ3v) is 7.27. The Morgan fingerprint density at radius 1 is 1.12 bits per heavy atom. The van der Waals surface area contributed by atoms with Gasteiger partial charge in [0.25, 0.3) is 10.2 Å². The van der Waals surface area contributed by atoms with Crippen LogP contribution in [0.2, 0.25) is 0 Å². The number of amides is 1. The highest BCUT2D eigenvalue weighted by atomic mass is 32.2. The normalized spacial score (nSPS) is 22.9. The van der Waals surface area contributed by atoms with Crippen molar-refractivity contribution in [1.82, 2.24) is 13.9 Å². The van der Waals surface area contributed by atoms with Crippen molar-refractivity contribution >= 4 is 16.1 Å². The number of carbonyl (C=O) groups excluding carboxylic acids is 1. The molecule has 2 aliphatic rings. The molecule has 6 nitrogen and oxygen atoms in total. The molecule has 3 rings (SSSR count). The lowest BCUT2D eigenvalue weighted by Crippen LogP contribution is -2.51. The highest BCUT2D eigenvalue weighted by Crippen LogP contribution is 2.23. The number of aryl methyl sites for hydroxylation is 1. The summed E-state index contributed by atoms with van der Waals surface area (Å²) in [5.74, 6) is -0.321. The molecule has 0 radical (unpaired) electrons. The van der Waals surface area contributed by atoms with Gasteiger partial charge >= 0.3 is 0 Å². The average Bonchev–Trinajstić information content (AvgIpc) is 2.67. The summed E-state index contributed by atoms with van der Waals surface area (Å²) in [5, 5.41) is 2.97. The molecule has 0 aromatic heterocycles. The number of nitrogens with one attached hydrogen (secondary N) is 1. The number of carbonyl (C=O) groups is 1. The fourth-order valence-corrected chi connectivity index (χ4v) is 5.55. The van der Waals surface area contributed by atoms with E-state index in [1.807, 2.05) is 31.2 Å². The minimum absolute atomic E-state index is 0.0509. The van der Waals surface area contributed by atoms with Crippen LogP contribution in [0.1, 0.15) is 43.2 Å². The minimum Gasteiger partial charge on any atom is -0.352 e. The smallest absolute Gasteiger partial charge is 0.281 e. The quantitative estimate of drug-likeness (QED) is 0.851. The molecule has 1 unspecified atom stereocenters. The summed E-state index contributed by atoms with van der Waals surface area (Å²) in [4.78, 5) is 12.6. The molecule has 1 amide bonds. The first-order valence-corrected chi connectivity index (χ1v) is 10.9. The van der Waals surface area contributed by atoms with Crippen molar-refractivity contribution in [2.45, 2.75) is 45.6 Å². The Hall–Kier alpha value is -1.44. The van der Waals surface area contributed by atoms with Crippen LogP contribution in [0, 0.1) is 12.8 Å². The number of rotatable bonds is 5. The summed E-state index contributed by atoms with van der Waals surface area (Å²) < 4.78 is 28.8. The Kier molecular flexibility index (Phi) is 6.32. The van der Waals surface area contributed by atoms with Crippen molar-refractivity contribution < 1.29 is 13.2 Å². The van der Waals surface area contributed by atoms with Gasteiger partial charge in [-0.1, -0.05) is 36.2 Å². The van der Waals surface area contributed by atoms with Crippen LogP contribution < -0.4 is 5.32 Å². The van der Waals surface area contributed by atoms with Gasteiger partial charge in [0.05, 0.1) is 5.92 Å². The molecule has 1 aromatic carbocycles. The second-order valence-electron chi connectivity index (χ2n) is 7.37. The van der Waals surface area contributed by atoms with Crippen LogP contribution in [0.5, 0.6) is 0 Å². The van der Waals surface area contributed by atoms with Gasteiger partial charge in [-0.05, 0) is 38.2 Å². The van der Waals surface area contributed by atoms with Gasteiger partial charge in [0, 0.05) is 32.7 Å². The third kappa shape index (κ3) is 4.64. The largest absolute Gasteiger partial charge is 0.352 e. The molecule has 2 fully saturated rings. The van der Waals surface area contributed by atoms with E-state index in [2.05, 4.69) is 5.32 Å². The van der Waals surface area contributed by atoms with E-state index < -0.39 is 10.2 Å². The standard InChI is InChI=1S/C19H29N3O3S/c1-16-7-5-8-17(13-16)14-20-19(23)18-9-6-12-22(15-18)26(24,25)21-10-3-2-4-11-21/h5,7-8,13,18H,2-4,6,9-12,14-15H2,1H3,(H,20,23). The molecular weight excluding hydrogens is 350 g/mol. The molecule has 7 heteroatoms. The molecular formula is C19H29N3O3S. The van der Waals surface area contributed by atoms with Crippen molar-refractivity contribution in [3.05, 3.63) is 35.4 Å². The van der Waals surface area contributed by atoms with Gasteiger partial charge in [0.2, 0.25) is 5.91 Å². The molecule has 2 saturated heterocycles. The van der Waals surface area contributed by atoms with Crippen molar-refractivity contribution in [2.75, 3.05) is 26.2 Å². The Bertz CT molecular complexity index is 729. The molecule has 0 bridgehead atoms. The maximum absolute atomic E-state index is 12.8. The maximum atomic E-state index is 12.8. The van der Waals surface area contributed by atoms with Crippen LogP contribution in [0.3, 0.4) is 0 Å². The second-order valence-corrected chi connectivity index (χ2v) is 9.30. The van der Waals surface area contributed by atoms with Gasteiger partial charge in [0.15, 0.2) is 0 Å². The number of benzene rings is 1. The molecule has 1 N–H and O–H groups in total. The van der Waals surface area contributed by atoms with Gasteiger partial charge in [-0.2, -0.15) is 17.0 Å². The van der Waals surface area contributed by atoms with E-state index in [9.17, 15) is 13.2 Å². The van der Waals surface area contributed by atoms with E-state index in [1.54, 1.807) is 4.31 Å². The fourth-order valence-electron chi connectivity index (χ4n) is 3.78. The molecule has 144 valence electrons. The van der Waals surface area contributed by atoms with Crippen molar-refractivity contribution in [2.24, 2.45) is 5.92 Å². The van der Waals surface area contributed by atoms with Crippen LogP contribution >= 0.6 is 0 Å². The number of nitrogens with zero attached hydrogens (tertiary/aromatic N) is 2. The molecule has 0 spiro atoms. The van der Waals surface area contributed by atoms with Crippen molar-refractivity contribution in [1.29, 1.82) is 0 Å². The zero-order valence-corrected chi connectivity index (χ0v) is 16.3. The van der Waals surface area contributed by atoms with Crippen molar-refractivity contribution in [3.63, 3.8) is 0 Å². The van der Waals surface area contributed by atoms with Gasteiger partial charge in [-0.15, -0.1) is 0 Å². The monoisotopic (exact) mass is 379 g/mol. The van der Waals surface area contributed by atoms with Gasteiger partial charge in [0.1, 0.15) is 0 Å². The molecule has 0 saturated carbocycles. The van der Waals surface area contributed by atoms with E-state index in [-0.39, 0.29) is 11.8 Å². The van der Waals surface area contributed by atoms with Gasteiger partial charge < -0.3 is 5.32 Å². The molecule has 0 aliphatic carbocycles. The average molecular weight is 380 g/mol. The van der Waals surface area contributed by atoms with Crippen molar-refractivity contribution in [3.8, 4) is 0 Å². The van der Waals surface area contributed by atoms with Crippen LogP contribution in [0.4, 0.5) is 0 Å². The summed E-state index contributed by atoms with van der Waals surface area (Å²) in [6.45, 7) is 4.51. The van der Waals surface area contributed by atoms with Crippen LogP contribution in [-0.2, 0) is 21.5 Å². The zero-order valence-electron chi connectivity index (χ0n) is 15.5. The Morgan fingerprint density at radius 2 is 1.85 bits per heavy atom. The summed E-state index contributed by atoms with van der Waals surface area (Å²) in [5.41, 5.74) is 2.22. The predicted octanol–water partition coefficient (Wildman–Crippen LogP) is 2.05. The molecule has 26 heavy (non-hydrogen) atoms. The number of piperidine rings is 2. The van der Waals surface area contributed by atoms with E-state index >= 15 is 0 Å². The lowest BCUT2D eigenvalue weighted by atomic mass is 9.98. The lowest BCUT2D eigenvalue weighted by molar-refractivity contribution is -0.126. The minimum atomic E-state index is -3.44. The predicted molar refractivity (Wildman–Crippen MR) is 102 cm³/mol. The number of hydrogen-bond acceptors (Lipinski definition) is 3. The highest BCUT2D eigenvalue weighted by Gasteiger charge is 2.36. The van der Waals surface area contributed by atoms with Crippen LogP contribution in [0.15, 0.2) is 24.3 Å². The van der Waals surface area contributed by atoms with Crippen LogP contribution in [-0.4, -0.2) is 49.1 Å². The lowest BCUT2D eigenvalue weighted by Gasteiger charge is -2.36. The Balaban J connectivity index is 1.58. The summed E-state index contributed by atoms with van der Waals surface area (Å²) in [6, 6.07) is 8.04. The summed E-state index contributed by atoms with van der Waals surface area (Å²) in [7, 11) is -3.44. The van der Waals surface area contributed by atoms with E-state index in [0.29, 0.717) is 32.7 Å². The third-order valence-electron chi connectivity index (χ3n) is 5.27. The fraction of sp³-hybridized carbons (Fsp3) is 0.632. The summed E-state index contributed by atoms with van der Waals surface area (Å²) >= 11 is 0. The van der Waals surface area contributed by atoms with Gasteiger partial charge in [-0.3, -0.25) is 4.79 Å². The van der Waals surface area contributed by atoms with Crippen LogP contribution in [0.25, 0.3) is 0 Å². The molecule has 2 aliphatic heterocycles. The molecule has 2 heterocycles. The Morgan fingerprint density at radius 3 is 2.58 bits per heavy atom. The van der Waals surface area contributed by atoms with Gasteiger partial charge in [-0.25, -0.2) is 0 Å². The maximum Gasteiger partial charge on any atom is 0.281 e. The first-order valence-electron chi connectivity index (χ1n) is 9.55. The molecule has 1 aromatic rings.